The van der Waals surface area contributed by atoms with Crippen LogP contribution in [0.1, 0.15) is 50.0 Å². The molecule has 21 heavy (non-hydrogen) atoms. The maximum absolute atomic E-state index is 12.8. The third-order valence-corrected chi connectivity index (χ3v) is 4.08. The average Bonchev–Trinajstić information content (AvgIpc) is 2.84. The molecule has 1 aromatic rings. The lowest BCUT2D eigenvalue weighted by Gasteiger charge is -2.42. The Morgan fingerprint density at radius 3 is 2.76 bits per heavy atom. The largest absolute Gasteiger partial charge is 0.394 e. The maximum Gasteiger partial charge on any atom is 0.267 e. The Balaban J connectivity index is 2.26. The van der Waals surface area contributed by atoms with Gasteiger partial charge in [0.05, 0.1) is 24.0 Å². The van der Waals surface area contributed by atoms with Gasteiger partial charge in [0.2, 0.25) is 0 Å². The van der Waals surface area contributed by atoms with Crippen molar-refractivity contribution in [3.05, 3.63) is 10.6 Å². The quantitative estimate of drug-likeness (QED) is 0.894. The Morgan fingerprint density at radius 2 is 2.19 bits per heavy atom. The van der Waals surface area contributed by atoms with Crippen molar-refractivity contribution in [2.45, 2.75) is 51.7 Å². The van der Waals surface area contributed by atoms with Gasteiger partial charge >= 0.3 is 0 Å². The first-order chi connectivity index (χ1) is 9.64. The van der Waals surface area contributed by atoms with E-state index in [4.69, 9.17) is 4.74 Å². The molecule has 1 aromatic heterocycles. The first-order valence-corrected chi connectivity index (χ1v) is 7.82. The van der Waals surface area contributed by atoms with Crippen molar-refractivity contribution in [1.82, 2.24) is 14.5 Å². The third kappa shape index (κ3) is 3.59. The van der Waals surface area contributed by atoms with Crippen LogP contribution in [-0.4, -0.2) is 56.9 Å². The molecule has 2 heterocycles. The second kappa shape index (κ2) is 5.62. The Kier molecular flexibility index (Phi) is 4.37. The molecule has 7 heteroatoms. The molecule has 0 bridgehead atoms. The second-order valence-electron chi connectivity index (χ2n) is 7.07. The van der Waals surface area contributed by atoms with E-state index in [2.05, 4.69) is 9.59 Å². The number of morpholine rings is 1. The van der Waals surface area contributed by atoms with Gasteiger partial charge in [-0.25, -0.2) is 0 Å². The van der Waals surface area contributed by atoms with Crippen molar-refractivity contribution in [3.63, 3.8) is 0 Å². The Hall–Kier alpha value is -1.05. The fraction of sp³-hybridized carbons (Fsp3) is 0.786. The first-order valence-electron chi connectivity index (χ1n) is 7.05. The molecular weight excluding hydrogens is 290 g/mol. The number of aliphatic hydroxyl groups excluding tert-OH is 1. The predicted molar refractivity (Wildman–Crippen MR) is 80.6 cm³/mol. The summed E-state index contributed by atoms with van der Waals surface area (Å²) in [5, 5.41) is 13.5. The Bertz CT molecular complexity index is 522. The predicted octanol–water partition coefficient (Wildman–Crippen LogP) is 1.45. The van der Waals surface area contributed by atoms with Crippen LogP contribution in [0.4, 0.5) is 0 Å². The minimum absolute atomic E-state index is 0.0789. The van der Waals surface area contributed by atoms with E-state index >= 15 is 0 Å². The first kappa shape index (κ1) is 16.3. The number of aromatic nitrogens is 2. The maximum atomic E-state index is 12.8. The van der Waals surface area contributed by atoms with Crippen LogP contribution >= 0.6 is 11.5 Å². The average molecular weight is 313 g/mol. The van der Waals surface area contributed by atoms with Gasteiger partial charge in [-0.15, -0.1) is 5.10 Å². The van der Waals surface area contributed by atoms with Crippen LogP contribution in [0.25, 0.3) is 0 Å². The lowest BCUT2D eigenvalue weighted by Crippen LogP contribution is -2.55. The van der Waals surface area contributed by atoms with E-state index in [-0.39, 0.29) is 24.0 Å². The van der Waals surface area contributed by atoms with Crippen LogP contribution in [0.15, 0.2) is 0 Å². The van der Waals surface area contributed by atoms with Gasteiger partial charge in [0.1, 0.15) is 4.88 Å². The second-order valence-corrected chi connectivity index (χ2v) is 7.82. The standard InChI is InChI=1S/C14H23N3O3S/c1-13(2,3)11-10(21-16-15-11)12(19)17-6-9(7-18)20-14(4,5)8-17/h9,18H,6-8H2,1-5H3. The number of amides is 1. The van der Waals surface area contributed by atoms with E-state index in [1.54, 1.807) is 4.90 Å². The highest BCUT2D eigenvalue weighted by molar-refractivity contribution is 7.08. The van der Waals surface area contributed by atoms with Crippen LogP contribution in [0.3, 0.4) is 0 Å². The Morgan fingerprint density at radius 1 is 1.52 bits per heavy atom. The minimum atomic E-state index is -0.471. The fourth-order valence-corrected chi connectivity index (χ4v) is 3.36. The highest BCUT2D eigenvalue weighted by atomic mass is 32.1. The van der Waals surface area contributed by atoms with Crippen molar-refractivity contribution in [3.8, 4) is 0 Å². The van der Waals surface area contributed by atoms with Crippen LogP contribution in [0.5, 0.6) is 0 Å². The van der Waals surface area contributed by atoms with Crippen molar-refractivity contribution in [2.75, 3.05) is 19.7 Å². The summed E-state index contributed by atoms with van der Waals surface area (Å²) in [6, 6.07) is 0. The van der Waals surface area contributed by atoms with Gasteiger partial charge in [0.25, 0.3) is 5.91 Å². The van der Waals surface area contributed by atoms with Crippen LogP contribution < -0.4 is 0 Å². The van der Waals surface area contributed by atoms with E-state index in [1.807, 2.05) is 34.6 Å². The van der Waals surface area contributed by atoms with Gasteiger partial charge < -0.3 is 14.7 Å². The summed E-state index contributed by atoms with van der Waals surface area (Å²) in [7, 11) is 0. The molecule has 118 valence electrons. The number of ether oxygens (including phenoxy) is 1. The molecule has 6 nitrogen and oxygen atoms in total. The van der Waals surface area contributed by atoms with Gasteiger partial charge in [-0.2, -0.15) is 0 Å². The summed E-state index contributed by atoms with van der Waals surface area (Å²) in [6.07, 6.45) is -0.350. The molecule has 0 radical (unpaired) electrons. The van der Waals surface area contributed by atoms with E-state index in [0.717, 1.165) is 17.2 Å². The Labute approximate surface area is 129 Å². The summed E-state index contributed by atoms with van der Waals surface area (Å²) >= 11 is 1.13. The van der Waals surface area contributed by atoms with Crippen LogP contribution in [-0.2, 0) is 10.2 Å². The van der Waals surface area contributed by atoms with Crippen molar-refractivity contribution in [2.24, 2.45) is 0 Å². The topological polar surface area (TPSA) is 75.6 Å². The molecule has 1 atom stereocenters. The SMILES string of the molecule is CC1(C)CN(C(=O)c2snnc2C(C)(C)C)CC(CO)O1. The van der Waals surface area contributed by atoms with Crippen molar-refractivity contribution in [1.29, 1.82) is 0 Å². The summed E-state index contributed by atoms with van der Waals surface area (Å²) in [5.74, 6) is -0.0789. The van der Waals surface area contributed by atoms with Crippen molar-refractivity contribution >= 4 is 17.4 Å². The number of hydrogen-bond donors (Lipinski definition) is 1. The van der Waals surface area contributed by atoms with E-state index in [0.29, 0.717) is 18.0 Å². The van der Waals surface area contributed by atoms with Crippen molar-refractivity contribution < 1.29 is 14.6 Å². The zero-order valence-corrected chi connectivity index (χ0v) is 14.0. The highest BCUT2D eigenvalue weighted by Crippen LogP contribution is 2.29. The van der Waals surface area contributed by atoms with E-state index in [9.17, 15) is 9.90 Å². The number of hydrogen-bond acceptors (Lipinski definition) is 6. The highest BCUT2D eigenvalue weighted by Gasteiger charge is 2.38. The lowest BCUT2D eigenvalue weighted by molar-refractivity contribution is -0.139. The third-order valence-electron chi connectivity index (χ3n) is 3.36. The van der Waals surface area contributed by atoms with Crippen LogP contribution in [0, 0.1) is 0 Å². The molecule has 1 fully saturated rings. The molecule has 1 amide bonds. The normalized spacial score (nSPS) is 22.4. The van der Waals surface area contributed by atoms with Gasteiger partial charge in [0, 0.05) is 18.5 Å². The number of carbonyl (C=O) groups excluding carboxylic acids is 1. The molecular formula is C14H23N3O3S. The zero-order chi connectivity index (χ0) is 15.8. The summed E-state index contributed by atoms with van der Waals surface area (Å²) < 4.78 is 9.69. The summed E-state index contributed by atoms with van der Waals surface area (Å²) in [4.78, 5) is 15.1. The summed E-state index contributed by atoms with van der Waals surface area (Å²) in [5.41, 5.74) is 0.0275. The molecule has 1 unspecified atom stereocenters. The van der Waals surface area contributed by atoms with Crippen LogP contribution in [0.2, 0.25) is 0 Å². The fourth-order valence-electron chi connectivity index (χ4n) is 2.51. The smallest absolute Gasteiger partial charge is 0.267 e. The molecule has 0 aromatic carbocycles. The summed E-state index contributed by atoms with van der Waals surface area (Å²) in [6.45, 7) is 10.7. The lowest BCUT2D eigenvalue weighted by atomic mass is 9.91. The molecule has 0 spiro atoms. The zero-order valence-electron chi connectivity index (χ0n) is 13.2. The molecule has 1 N–H and O–H groups in total. The van der Waals surface area contributed by atoms with E-state index in [1.165, 1.54) is 0 Å². The molecule has 0 aliphatic carbocycles. The number of nitrogens with zero attached hydrogens (tertiary/aromatic N) is 3. The molecule has 1 saturated heterocycles. The minimum Gasteiger partial charge on any atom is -0.394 e. The molecule has 1 aliphatic rings. The molecule has 2 rings (SSSR count). The molecule has 0 saturated carbocycles. The van der Waals surface area contributed by atoms with Gasteiger partial charge in [-0.05, 0) is 25.4 Å². The number of aliphatic hydroxyl groups is 1. The number of rotatable bonds is 2. The monoisotopic (exact) mass is 313 g/mol. The van der Waals surface area contributed by atoms with E-state index < -0.39 is 5.60 Å². The van der Waals surface area contributed by atoms with Gasteiger partial charge in [0.15, 0.2) is 0 Å². The van der Waals surface area contributed by atoms with Gasteiger partial charge in [-0.1, -0.05) is 25.3 Å². The van der Waals surface area contributed by atoms with Gasteiger partial charge in [-0.3, -0.25) is 4.79 Å². The number of carbonyl (C=O) groups is 1. The molecule has 1 aliphatic heterocycles.